The van der Waals surface area contributed by atoms with Crippen LogP contribution in [0, 0.1) is 5.92 Å². The molecule has 2 aromatic rings. The number of benzene rings is 1. The Morgan fingerprint density at radius 2 is 1.83 bits per heavy atom. The van der Waals surface area contributed by atoms with E-state index in [1.807, 2.05) is 61.5 Å². The molecule has 7 nitrogen and oxygen atoms in total. The average Bonchev–Trinajstić information content (AvgIpc) is 2.72. The van der Waals surface area contributed by atoms with Gasteiger partial charge in [-0.2, -0.15) is 0 Å². The Bertz CT molecular complexity index is 924. The second kappa shape index (κ2) is 9.37. The number of carbonyl (C=O) groups excluding carboxylic acids is 1. The molecule has 1 N–H and O–H groups in total. The standard InChI is InChI=1S/C21H28N4O3S/c1-24(2)20-14-18(8-11-22-20)15-23-21(26)19-9-12-25(13-10-19)29(27,28)16-17-6-4-3-5-7-17/h3-8,11,14,19H,9-10,12-13,15-16H2,1-2H3,(H,23,26). The van der Waals surface area contributed by atoms with Gasteiger partial charge in [0.1, 0.15) is 5.82 Å². The molecule has 1 aliphatic rings. The van der Waals surface area contributed by atoms with Gasteiger partial charge in [0.2, 0.25) is 15.9 Å². The van der Waals surface area contributed by atoms with Gasteiger partial charge >= 0.3 is 0 Å². The maximum atomic E-state index is 12.6. The second-order valence-corrected chi connectivity index (χ2v) is 9.52. The lowest BCUT2D eigenvalue weighted by Crippen LogP contribution is -2.43. The van der Waals surface area contributed by atoms with E-state index in [0.717, 1.165) is 16.9 Å². The van der Waals surface area contributed by atoms with Crippen LogP contribution < -0.4 is 10.2 Å². The van der Waals surface area contributed by atoms with Crippen LogP contribution in [0.5, 0.6) is 0 Å². The Balaban J connectivity index is 1.50. The number of amides is 1. The summed E-state index contributed by atoms with van der Waals surface area (Å²) in [6.45, 7) is 1.20. The average molecular weight is 417 g/mol. The number of sulfonamides is 1. The number of piperidine rings is 1. The molecule has 1 saturated heterocycles. The van der Waals surface area contributed by atoms with Gasteiger partial charge in [-0.05, 0) is 36.1 Å². The molecule has 0 radical (unpaired) electrons. The molecule has 0 unspecified atom stereocenters. The lowest BCUT2D eigenvalue weighted by Gasteiger charge is -2.30. The fourth-order valence-corrected chi connectivity index (χ4v) is 4.98. The van der Waals surface area contributed by atoms with Crippen LogP contribution in [0.3, 0.4) is 0 Å². The predicted octanol–water partition coefficient (Wildman–Crippen LogP) is 2.01. The van der Waals surface area contributed by atoms with Crippen LogP contribution >= 0.6 is 0 Å². The molecule has 2 heterocycles. The summed E-state index contributed by atoms with van der Waals surface area (Å²) >= 11 is 0. The van der Waals surface area contributed by atoms with E-state index in [9.17, 15) is 13.2 Å². The van der Waals surface area contributed by atoms with Gasteiger partial charge in [0.25, 0.3) is 0 Å². The number of aromatic nitrogens is 1. The molecule has 1 aromatic carbocycles. The number of anilines is 1. The zero-order valence-corrected chi connectivity index (χ0v) is 17.7. The van der Waals surface area contributed by atoms with Crippen LogP contribution in [0.15, 0.2) is 48.7 Å². The smallest absolute Gasteiger partial charge is 0.223 e. The topological polar surface area (TPSA) is 82.6 Å². The summed E-state index contributed by atoms with van der Waals surface area (Å²) in [6.07, 6.45) is 2.81. The van der Waals surface area contributed by atoms with Gasteiger partial charge in [-0.3, -0.25) is 4.79 Å². The summed E-state index contributed by atoms with van der Waals surface area (Å²) < 4.78 is 26.8. The monoisotopic (exact) mass is 416 g/mol. The van der Waals surface area contributed by atoms with Crippen molar-refractivity contribution in [1.29, 1.82) is 0 Å². The molecule has 1 aromatic heterocycles. The van der Waals surface area contributed by atoms with Crippen LogP contribution in [-0.4, -0.2) is 50.8 Å². The molecule has 0 atom stereocenters. The lowest BCUT2D eigenvalue weighted by atomic mass is 9.97. The quantitative estimate of drug-likeness (QED) is 0.747. The van der Waals surface area contributed by atoms with Gasteiger partial charge < -0.3 is 10.2 Å². The zero-order chi connectivity index (χ0) is 20.9. The van der Waals surface area contributed by atoms with Crippen molar-refractivity contribution in [3.63, 3.8) is 0 Å². The highest BCUT2D eigenvalue weighted by Gasteiger charge is 2.31. The highest BCUT2D eigenvalue weighted by Crippen LogP contribution is 2.22. The Morgan fingerprint density at radius 1 is 1.14 bits per heavy atom. The van der Waals surface area contributed by atoms with Crippen molar-refractivity contribution in [3.8, 4) is 0 Å². The van der Waals surface area contributed by atoms with Crippen LogP contribution in [0.2, 0.25) is 0 Å². The van der Waals surface area contributed by atoms with Gasteiger partial charge in [0.05, 0.1) is 5.75 Å². The Hall–Kier alpha value is -2.45. The van der Waals surface area contributed by atoms with Gasteiger partial charge in [-0.1, -0.05) is 30.3 Å². The van der Waals surface area contributed by atoms with E-state index >= 15 is 0 Å². The van der Waals surface area contributed by atoms with Gasteiger partial charge in [0.15, 0.2) is 0 Å². The first-order valence-corrected chi connectivity index (χ1v) is 11.4. The van der Waals surface area contributed by atoms with Crippen molar-refractivity contribution in [2.45, 2.75) is 25.1 Å². The molecular formula is C21H28N4O3S. The van der Waals surface area contributed by atoms with Crippen LogP contribution in [0.4, 0.5) is 5.82 Å². The van der Waals surface area contributed by atoms with Crippen molar-refractivity contribution >= 4 is 21.7 Å². The number of carbonyl (C=O) groups is 1. The second-order valence-electron chi connectivity index (χ2n) is 7.55. The molecule has 1 fully saturated rings. The van der Waals surface area contributed by atoms with E-state index in [2.05, 4.69) is 10.3 Å². The summed E-state index contributed by atoms with van der Waals surface area (Å²) in [4.78, 5) is 18.7. The summed E-state index contributed by atoms with van der Waals surface area (Å²) in [5.74, 6) is 0.663. The Morgan fingerprint density at radius 3 is 2.48 bits per heavy atom. The molecule has 0 spiro atoms. The maximum Gasteiger partial charge on any atom is 0.223 e. The van der Waals surface area contributed by atoms with Crippen molar-refractivity contribution in [2.24, 2.45) is 5.92 Å². The third-order valence-corrected chi connectivity index (χ3v) is 6.99. The minimum Gasteiger partial charge on any atom is -0.363 e. The molecule has 156 valence electrons. The first-order valence-electron chi connectivity index (χ1n) is 9.77. The van der Waals surface area contributed by atoms with Crippen molar-refractivity contribution in [1.82, 2.24) is 14.6 Å². The first-order chi connectivity index (χ1) is 13.8. The highest BCUT2D eigenvalue weighted by molar-refractivity contribution is 7.88. The Kier molecular flexibility index (Phi) is 6.87. The van der Waals surface area contributed by atoms with Crippen LogP contribution in [-0.2, 0) is 27.1 Å². The van der Waals surface area contributed by atoms with Crippen LogP contribution in [0.25, 0.3) is 0 Å². The van der Waals surface area contributed by atoms with E-state index in [-0.39, 0.29) is 17.6 Å². The van der Waals surface area contributed by atoms with E-state index in [4.69, 9.17) is 0 Å². The normalized spacial score (nSPS) is 15.8. The van der Waals surface area contributed by atoms with E-state index in [0.29, 0.717) is 32.5 Å². The predicted molar refractivity (Wildman–Crippen MR) is 114 cm³/mol. The molecule has 1 aliphatic heterocycles. The summed E-state index contributed by atoms with van der Waals surface area (Å²) in [7, 11) is 0.478. The number of hydrogen-bond acceptors (Lipinski definition) is 5. The van der Waals surface area contributed by atoms with E-state index in [1.165, 1.54) is 4.31 Å². The molecule has 0 saturated carbocycles. The summed E-state index contributed by atoms with van der Waals surface area (Å²) in [5.41, 5.74) is 1.77. The largest absolute Gasteiger partial charge is 0.363 e. The van der Waals surface area contributed by atoms with E-state index in [1.54, 1.807) is 6.20 Å². The SMILES string of the molecule is CN(C)c1cc(CNC(=O)C2CCN(S(=O)(=O)Cc3ccccc3)CC2)ccn1. The molecule has 29 heavy (non-hydrogen) atoms. The highest BCUT2D eigenvalue weighted by atomic mass is 32.2. The number of nitrogens with zero attached hydrogens (tertiary/aromatic N) is 3. The maximum absolute atomic E-state index is 12.6. The minimum absolute atomic E-state index is 0.000946. The fraction of sp³-hybridized carbons (Fsp3) is 0.429. The van der Waals surface area contributed by atoms with Gasteiger partial charge in [-0.15, -0.1) is 0 Å². The van der Waals surface area contributed by atoms with Crippen molar-refractivity contribution in [2.75, 3.05) is 32.1 Å². The third-order valence-electron chi connectivity index (χ3n) is 5.14. The zero-order valence-electron chi connectivity index (χ0n) is 16.9. The number of nitrogens with one attached hydrogen (secondary N) is 1. The molecule has 1 amide bonds. The van der Waals surface area contributed by atoms with Gasteiger partial charge in [-0.25, -0.2) is 17.7 Å². The number of pyridine rings is 1. The van der Waals surface area contributed by atoms with Gasteiger partial charge in [0, 0.05) is 45.8 Å². The summed E-state index contributed by atoms with van der Waals surface area (Å²) in [5, 5.41) is 2.98. The number of rotatable bonds is 7. The number of hydrogen-bond donors (Lipinski definition) is 1. The van der Waals surface area contributed by atoms with Crippen LogP contribution in [0.1, 0.15) is 24.0 Å². The first kappa shape index (κ1) is 21.3. The van der Waals surface area contributed by atoms with E-state index < -0.39 is 10.0 Å². The fourth-order valence-electron chi connectivity index (χ4n) is 3.42. The third kappa shape index (κ3) is 5.77. The molecule has 0 aliphatic carbocycles. The van der Waals surface area contributed by atoms with Crippen molar-refractivity contribution < 1.29 is 13.2 Å². The lowest BCUT2D eigenvalue weighted by molar-refractivity contribution is -0.126. The minimum atomic E-state index is -3.36. The Labute approximate surface area is 172 Å². The molecular weight excluding hydrogens is 388 g/mol. The molecule has 3 rings (SSSR count). The van der Waals surface area contributed by atoms with Crippen molar-refractivity contribution in [3.05, 3.63) is 59.8 Å². The summed E-state index contributed by atoms with van der Waals surface area (Å²) in [6, 6.07) is 13.0. The molecule has 8 heteroatoms. The molecule has 0 bridgehead atoms.